The molecule has 0 atom stereocenters. The highest BCUT2D eigenvalue weighted by Crippen LogP contribution is 2.37. The fourth-order valence-electron chi connectivity index (χ4n) is 4.18. The molecule has 3 N–H and O–H groups in total. The third-order valence-electron chi connectivity index (χ3n) is 6.09. The highest BCUT2D eigenvalue weighted by atomic mass is 35.5. The summed E-state index contributed by atoms with van der Waals surface area (Å²) in [6, 6.07) is -0.124. The first-order valence-electron chi connectivity index (χ1n) is 11.8. The second kappa shape index (κ2) is 10.8. The Morgan fingerprint density at radius 2 is 1.90 bits per heavy atom. The summed E-state index contributed by atoms with van der Waals surface area (Å²) < 4.78 is 47.7. The van der Waals surface area contributed by atoms with Crippen LogP contribution in [0.15, 0.2) is 37.2 Å². The number of halogens is 4. The van der Waals surface area contributed by atoms with E-state index >= 15 is 0 Å². The zero-order chi connectivity index (χ0) is 27.6. The molecule has 0 bridgehead atoms. The monoisotopic (exact) mass is 562 g/mol. The molecule has 4 aromatic heterocycles. The Hall–Kier alpha value is -4.27. The highest BCUT2D eigenvalue weighted by molar-refractivity contribution is 6.32. The first kappa shape index (κ1) is 26.3. The molecule has 0 spiro atoms. The van der Waals surface area contributed by atoms with Gasteiger partial charge < -0.3 is 10.1 Å². The van der Waals surface area contributed by atoms with Gasteiger partial charge in [-0.1, -0.05) is 11.6 Å². The summed E-state index contributed by atoms with van der Waals surface area (Å²) >= 11 is 5.98. The van der Waals surface area contributed by atoms with E-state index in [4.69, 9.17) is 16.3 Å². The van der Waals surface area contributed by atoms with E-state index in [9.17, 15) is 18.0 Å². The van der Waals surface area contributed by atoms with E-state index < -0.39 is 23.5 Å². The van der Waals surface area contributed by atoms with Crippen molar-refractivity contribution in [3.63, 3.8) is 0 Å². The minimum atomic E-state index is -4.68. The van der Waals surface area contributed by atoms with E-state index in [2.05, 4.69) is 45.9 Å². The van der Waals surface area contributed by atoms with Crippen molar-refractivity contribution >= 4 is 29.5 Å². The predicted octanol–water partition coefficient (Wildman–Crippen LogP) is 4.70. The Labute approximate surface area is 224 Å². The lowest BCUT2D eigenvalue weighted by molar-refractivity contribution is -0.137. The molecule has 1 aliphatic rings. The number of amides is 1. The van der Waals surface area contributed by atoms with Gasteiger partial charge in [0.2, 0.25) is 5.95 Å². The van der Waals surface area contributed by atoms with Crippen LogP contribution in [0.25, 0.3) is 22.6 Å². The van der Waals surface area contributed by atoms with Crippen LogP contribution < -0.4 is 10.6 Å². The summed E-state index contributed by atoms with van der Waals surface area (Å²) in [6.07, 6.45) is 4.92. The van der Waals surface area contributed by atoms with Gasteiger partial charge in [0.1, 0.15) is 23.1 Å². The topological polar surface area (TPSA) is 148 Å². The average molecular weight is 563 g/mol. The number of rotatable bonds is 6. The van der Waals surface area contributed by atoms with Crippen LogP contribution in [0.3, 0.4) is 0 Å². The normalized spacial score (nSPS) is 17.6. The number of nitrogens with zero attached hydrogens (tertiary/aromatic N) is 7. The van der Waals surface area contributed by atoms with Crippen molar-refractivity contribution < 1.29 is 22.7 Å². The van der Waals surface area contributed by atoms with E-state index in [0.717, 1.165) is 5.56 Å². The van der Waals surface area contributed by atoms with Crippen molar-refractivity contribution in [2.75, 3.05) is 10.6 Å². The van der Waals surface area contributed by atoms with Gasteiger partial charge in [-0.3, -0.25) is 20.1 Å². The molecule has 4 aromatic rings. The number of ether oxygens (including phenoxy) is 1. The molecular weight excluding hydrogens is 541 g/mol. The number of aryl methyl sites for hydroxylation is 1. The molecule has 4 heterocycles. The van der Waals surface area contributed by atoms with Crippen molar-refractivity contribution in [3.05, 3.63) is 47.8 Å². The van der Waals surface area contributed by atoms with Crippen molar-refractivity contribution in [2.45, 2.75) is 44.0 Å². The number of carbonyl (C=O) groups excluding carboxylic acids is 1. The molecule has 1 saturated carbocycles. The predicted molar refractivity (Wildman–Crippen MR) is 134 cm³/mol. The van der Waals surface area contributed by atoms with Crippen LogP contribution in [0.5, 0.6) is 0 Å². The number of hydrogen-bond donors (Lipinski definition) is 3. The van der Waals surface area contributed by atoms with Crippen LogP contribution >= 0.6 is 11.6 Å². The molecule has 1 aliphatic carbocycles. The van der Waals surface area contributed by atoms with Gasteiger partial charge in [-0.2, -0.15) is 23.4 Å². The number of aromatic nitrogens is 8. The fraction of sp³-hybridized carbons (Fsp3) is 0.348. The summed E-state index contributed by atoms with van der Waals surface area (Å²) in [4.78, 5) is 28.7. The molecule has 0 unspecified atom stereocenters. The summed E-state index contributed by atoms with van der Waals surface area (Å²) in [6.45, 7) is 0. The molecule has 39 heavy (non-hydrogen) atoms. The van der Waals surface area contributed by atoms with E-state index in [1.165, 1.54) is 18.6 Å². The fourth-order valence-corrected chi connectivity index (χ4v) is 4.36. The lowest BCUT2D eigenvalue weighted by Crippen LogP contribution is -2.32. The minimum Gasteiger partial charge on any atom is -0.446 e. The zero-order valence-corrected chi connectivity index (χ0v) is 21.2. The maximum atomic E-state index is 13.5. The van der Waals surface area contributed by atoms with E-state index in [1.54, 1.807) is 24.1 Å². The SMILES string of the molecule is Cn1cc(-c2cnc(NC(=O)OC3CCC(Nc4ncc(C(F)(F)F)c(-c5[nH]ncc5Cl)n4)CC3)cn2)cn1. The number of aromatic amines is 1. The summed E-state index contributed by atoms with van der Waals surface area (Å²) in [7, 11) is 1.80. The lowest BCUT2D eigenvalue weighted by Gasteiger charge is -2.29. The molecule has 0 aromatic carbocycles. The van der Waals surface area contributed by atoms with Crippen LogP contribution in [-0.4, -0.2) is 58.2 Å². The van der Waals surface area contributed by atoms with Gasteiger partial charge in [0, 0.05) is 31.0 Å². The quantitative estimate of drug-likeness (QED) is 0.304. The number of hydrogen-bond acceptors (Lipinski definition) is 9. The number of H-pyrrole nitrogens is 1. The van der Waals surface area contributed by atoms with Gasteiger partial charge in [0.25, 0.3) is 0 Å². The summed E-state index contributed by atoms with van der Waals surface area (Å²) in [5.74, 6) is 0.273. The summed E-state index contributed by atoms with van der Waals surface area (Å²) in [5.41, 5.74) is -0.0578. The van der Waals surface area contributed by atoms with Crippen molar-refractivity contribution in [3.8, 4) is 22.6 Å². The van der Waals surface area contributed by atoms with Crippen molar-refractivity contribution in [2.24, 2.45) is 7.05 Å². The van der Waals surface area contributed by atoms with Crippen molar-refractivity contribution in [1.29, 1.82) is 0 Å². The molecule has 1 fully saturated rings. The molecule has 5 rings (SSSR count). The van der Waals surface area contributed by atoms with Gasteiger partial charge in [-0.15, -0.1) is 0 Å². The molecule has 0 radical (unpaired) electrons. The second-order valence-corrected chi connectivity index (χ2v) is 9.29. The molecule has 204 valence electrons. The van der Waals surface area contributed by atoms with Gasteiger partial charge >= 0.3 is 12.3 Å². The van der Waals surface area contributed by atoms with Gasteiger partial charge in [0.05, 0.1) is 35.5 Å². The molecule has 16 heteroatoms. The second-order valence-electron chi connectivity index (χ2n) is 8.88. The van der Waals surface area contributed by atoms with Gasteiger partial charge in [0.15, 0.2) is 5.82 Å². The Morgan fingerprint density at radius 3 is 2.51 bits per heavy atom. The van der Waals surface area contributed by atoms with E-state index in [1.807, 2.05) is 0 Å². The van der Waals surface area contributed by atoms with Gasteiger partial charge in [-0.05, 0) is 25.7 Å². The maximum Gasteiger partial charge on any atom is 0.420 e. The number of anilines is 2. The van der Waals surface area contributed by atoms with Crippen molar-refractivity contribution in [1.82, 2.24) is 39.9 Å². The molecule has 0 aliphatic heterocycles. The molecule has 12 nitrogen and oxygen atoms in total. The van der Waals surface area contributed by atoms with E-state index in [0.29, 0.717) is 37.6 Å². The standard InChI is InChI=1S/C23H22ClF3N10O2/c1-37-11-12(6-32-37)17-9-29-18(10-28-17)34-22(38)39-14-4-2-13(3-5-14)33-21-30-7-15(23(25,26)27)19(35-21)20-16(24)8-31-36-20/h6-11,13-14H,2-5H2,1H3,(H,31,36)(H,29,34,38)(H,30,33,35). The summed E-state index contributed by atoms with van der Waals surface area (Å²) in [5, 5.41) is 15.9. The minimum absolute atomic E-state index is 0.0107. The third kappa shape index (κ3) is 6.25. The van der Waals surface area contributed by atoms with Crippen LogP contribution in [0, 0.1) is 0 Å². The van der Waals surface area contributed by atoms with E-state index in [-0.39, 0.29) is 34.6 Å². The smallest absolute Gasteiger partial charge is 0.420 e. The Bertz CT molecular complexity index is 1450. The van der Waals surface area contributed by atoms with Gasteiger partial charge in [-0.25, -0.2) is 19.7 Å². The Morgan fingerprint density at radius 1 is 1.10 bits per heavy atom. The average Bonchev–Trinajstić information content (AvgIpc) is 3.53. The number of alkyl halides is 3. The number of nitrogens with one attached hydrogen (secondary N) is 3. The molecule has 0 saturated heterocycles. The molecular formula is C23H22ClF3N10O2. The largest absolute Gasteiger partial charge is 0.446 e. The van der Waals surface area contributed by atoms with Crippen LogP contribution in [0.2, 0.25) is 5.02 Å². The first-order chi connectivity index (χ1) is 18.7. The van der Waals surface area contributed by atoms with Crippen LogP contribution in [0.4, 0.5) is 29.7 Å². The molecule has 1 amide bonds. The first-order valence-corrected chi connectivity index (χ1v) is 12.2. The third-order valence-corrected chi connectivity index (χ3v) is 6.37. The lowest BCUT2D eigenvalue weighted by atomic mass is 9.93. The van der Waals surface area contributed by atoms with Crippen LogP contribution in [0.1, 0.15) is 31.2 Å². The highest BCUT2D eigenvalue weighted by Gasteiger charge is 2.36. The Balaban J connectivity index is 1.14. The Kier molecular flexibility index (Phi) is 7.32. The number of carbonyl (C=O) groups is 1. The maximum absolute atomic E-state index is 13.5. The van der Waals surface area contributed by atoms with Crippen LogP contribution in [-0.2, 0) is 18.0 Å². The zero-order valence-electron chi connectivity index (χ0n) is 20.4.